The van der Waals surface area contributed by atoms with Crippen molar-refractivity contribution in [1.82, 2.24) is 9.55 Å². The number of fused-ring (bicyclic) bond motifs is 3. The maximum Gasteiger partial charge on any atom is 0.267 e. The Balaban J connectivity index is 1.54. The van der Waals surface area contributed by atoms with E-state index >= 15 is 0 Å². The minimum atomic E-state index is -0.109. The normalized spacial score (nSPS) is 13.1. The zero-order valence-electron chi connectivity index (χ0n) is 21.4. The van der Waals surface area contributed by atoms with Crippen molar-refractivity contribution in [2.45, 2.75) is 65.5 Å². The molecule has 2 aromatic carbocycles. The first-order valence-corrected chi connectivity index (χ1v) is 14.2. The SMILES string of the molecule is Cc1ccc(-n2c(SCC(=O)Nc3c(C)cc(C)cc3C)nc3sc4c(c3c2=O)CCCC4)c(C)c1. The van der Waals surface area contributed by atoms with Gasteiger partial charge in [0.2, 0.25) is 5.91 Å². The van der Waals surface area contributed by atoms with Gasteiger partial charge in [-0.25, -0.2) is 4.98 Å². The van der Waals surface area contributed by atoms with Crippen molar-refractivity contribution in [2.75, 3.05) is 11.1 Å². The Bertz CT molecular complexity index is 1540. The minimum Gasteiger partial charge on any atom is -0.325 e. The van der Waals surface area contributed by atoms with Gasteiger partial charge in [0.25, 0.3) is 5.56 Å². The lowest BCUT2D eigenvalue weighted by molar-refractivity contribution is -0.113. The number of thiophene rings is 1. The van der Waals surface area contributed by atoms with Crippen molar-refractivity contribution in [3.63, 3.8) is 0 Å². The Morgan fingerprint density at radius 3 is 2.42 bits per heavy atom. The van der Waals surface area contributed by atoms with Crippen LogP contribution in [0, 0.1) is 34.6 Å². The summed E-state index contributed by atoms with van der Waals surface area (Å²) in [7, 11) is 0. The number of nitrogens with one attached hydrogen (secondary N) is 1. The predicted molar refractivity (Wildman–Crippen MR) is 151 cm³/mol. The number of hydrogen-bond acceptors (Lipinski definition) is 5. The van der Waals surface area contributed by atoms with E-state index < -0.39 is 0 Å². The molecule has 0 bridgehead atoms. The standard InChI is InChI=1S/C29H31N3O2S2/c1-16-10-11-22(18(3)12-16)32-28(34)25-21-8-6-7-9-23(21)36-27(25)31-29(32)35-15-24(33)30-26-19(4)13-17(2)14-20(26)5/h10-14H,6-9,15H2,1-5H3,(H,30,33). The van der Waals surface area contributed by atoms with Crippen LogP contribution in [0.3, 0.4) is 0 Å². The molecule has 0 radical (unpaired) electrons. The fraction of sp³-hybridized carbons (Fsp3) is 0.345. The molecule has 7 heteroatoms. The first-order chi connectivity index (χ1) is 17.2. The number of amides is 1. The number of rotatable bonds is 5. The molecule has 5 nitrogen and oxygen atoms in total. The van der Waals surface area contributed by atoms with Gasteiger partial charge in [-0.05, 0) is 88.6 Å². The highest BCUT2D eigenvalue weighted by atomic mass is 32.2. The fourth-order valence-corrected chi connectivity index (χ4v) is 7.34. The molecule has 0 atom stereocenters. The van der Waals surface area contributed by atoms with Crippen LogP contribution in [0.25, 0.3) is 15.9 Å². The Kier molecular flexibility index (Phi) is 6.79. The second-order valence-corrected chi connectivity index (χ2v) is 11.9. The summed E-state index contributed by atoms with van der Waals surface area (Å²) >= 11 is 2.96. The number of aryl methyl sites for hydroxylation is 7. The Labute approximate surface area is 220 Å². The lowest BCUT2D eigenvalue weighted by Gasteiger charge is -2.16. The molecular weight excluding hydrogens is 486 g/mol. The third-order valence-corrected chi connectivity index (χ3v) is 8.95. The Hall–Kier alpha value is -2.90. The molecule has 186 valence electrons. The van der Waals surface area contributed by atoms with Crippen molar-refractivity contribution < 1.29 is 4.79 Å². The molecule has 1 N–H and O–H groups in total. The maximum atomic E-state index is 14.0. The highest BCUT2D eigenvalue weighted by Gasteiger charge is 2.24. The summed E-state index contributed by atoms with van der Waals surface area (Å²) < 4.78 is 1.72. The topological polar surface area (TPSA) is 64.0 Å². The van der Waals surface area contributed by atoms with Crippen molar-refractivity contribution >= 4 is 44.9 Å². The van der Waals surface area contributed by atoms with Crippen molar-refractivity contribution in [3.05, 3.63) is 78.9 Å². The second-order valence-electron chi connectivity index (χ2n) is 9.83. The van der Waals surface area contributed by atoms with Gasteiger partial charge in [-0.1, -0.05) is 47.2 Å². The monoisotopic (exact) mass is 517 g/mol. The van der Waals surface area contributed by atoms with Crippen LogP contribution in [0.5, 0.6) is 0 Å². The van der Waals surface area contributed by atoms with Gasteiger partial charge in [-0.2, -0.15) is 0 Å². The number of thioether (sulfide) groups is 1. The summed E-state index contributed by atoms with van der Waals surface area (Å²) in [6.45, 7) is 10.1. The second kappa shape index (κ2) is 9.87. The number of carbonyl (C=O) groups excluding carboxylic acids is 1. The van der Waals surface area contributed by atoms with Gasteiger partial charge in [-0.3, -0.25) is 14.2 Å². The third-order valence-electron chi connectivity index (χ3n) is 6.83. The van der Waals surface area contributed by atoms with Gasteiger partial charge < -0.3 is 5.32 Å². The number of carbonyl (C=O) groups is 1. The molecule has 5 rings (SSSR count). The van der Waals surface area contributed by atoms with Crippen LogP contribution < -0.4 is 10.9 Å². The van der Waals surface area contributed by atoms with Crippen molar-refractivity contribution in [1.29, 1.82) is 0 Å². The van der Waals surface area contributed by atoms with E-state index in [0.717, 1.165) is 69.5 Å². The molecule has 0 aliphatic heterocycles. The van der Waals surface area contributed by atoms with E-state index in [0.29, 0.717) is 5.16 Å². The molecule has 0 saturated heterocycles. The van der Waals surface area contributed by atoms with Gasteiger partial charge in [0.15, 0.2) is 5.16 Å². The zero-order chi connectivity index (χ0) is 25.6. The average Bonchev–Trinajstić information content (AvgIpc) is 3.19. The maximum absolute atomic E-state index is 14.0. The molecule has 0 fully saturated rings. The third kappa shape index (κ3) is 4.62. The number of nitrogens with zero attached hydrogens (tertiary/aromatic N) is 2. The average molecular weight is 518 g/mol. The van der Waals surface area contributed by atoms with Crippen LogP contribution in [0.1, 0.15) is 51.1 Å². The number of anilines is 1. The van der Waals surface area contributed by atoms with Gasteiger partial charge in [0.05, 0.1) is 16.8 Å². The largest absolute Gasteiger partial charge is 0.325 e. The highest BCUT2D eigenvalue weighted by molar-refractivity contribution is 7.99. The molecule has 1 amide bonds. The molecule has 36 heavy (non-hydrogen) atoms. The van der Waals surface area contributed by atoms with Crippen LogP contribution >= 0.6 is 23.1 Å². The van der Waals surface area contributed by atoms with E-state index in [4.69, 9.17) is 4.98 Å². The van der Waals surface area contributed by atoms with Gasteiger partial charge >= 0.3 is 0 Å². The molecular formula is C29H31N3O2S2. The summed E-state index contributed by atoms with van der Waals surface area (Å²) in [5.74, 6) is 0.0582. The summed E-state index contributed by atoms with van der Waals surface area (Å²) in [5.41, 5.74) is 8.24. The molecule has 0 saturated carbocycles. The van der Waals surface area contributed by atoms with E-state index in [1.54, 1.807) is 15.9 Å². The van der Waals surface area contributed by atoms with E-state index in [1.165, 1.54) is 27.8 Å². The summed E-state index contributed by atoms with van der Waals surface area (Å²) in [6.07, 6.45) is 4.21. The predicted octanol–water partition coefficient (Wildman–Crippen LogP) is 6.60. The fourth-order valence-electron chi connectivity index (χ4n) is 5.23. The lowest BCUT2D eigenvalue weighted by Crippen LogP contribution is -2.24. The van der Waals surface area contributed by atoms with E-state index in [9.17, 15) is 9.59 Å². The van der Waals surface area contributed by atoms with Crippen LogP contribution in [0.2, 0.25) is 0 Å². The first kappa shape index (κ1) is 24.8. The van der Waals surface area contributed by atoms with E-state index in [-0.39, 0.29) is 17.2 Å². The van der Waals surface area contributed by atoms with Crippen LogP contribution in [-0.4, -0.2) is 21.2 Å². The van der Waals surface area contributed by atoms with E-state index in [1.807, 2.05) is 39.8 Å². The summed E-state index contributed by atoms with van der Waals surface area (Å²) in [6, 6.07) is 10.2. The quantitative estimate of drug-likeness (QED) is 0.239. The van der Waals surface area contributed by atoms with Gasteiger partial charge in [0.1, 0.15) is 4.83 Å². The van der Waals surface area contributed by atoms with Gasteiger partial charge in [0, 0.05) is 10.6 Å². The van der Waals surface area contributed by atoms with Crippen LogP contribution in [-0.2, 0) is 17.6 Å². The Morgan fingerprint density at radius 2 is 1.69 bits per heavy atom. The van der Waals surface area contributed by atoms with Crippen LogP contribution in [0.15, 0.2) is 40.3 Å². The summed E-state index contributed by atoms with van der Waals surface area (Å²) in [4.78, 5) is 34.0. The molecule has 2 aromatic heterocycles. The van der Waals surface area contributed by atoms with Crippen molar-refractivity contribution in [2.24, 2.45) is 0 Å². The minimum absolute atomic E-state index is 0.0283. The number of aromatic nitrogens is 2. The molecule has 1 aliphatic rings. The molecule has 4 aromatic rings. The Morgan fingerprint density at radius 1 is 1.00 bits per heavy atom. The molecule has 1 aliphatic carbocycles. The highest BCUT2D eigenvalue weighted by Crippen LogP contribution is 2.35. The lowest BCUT2D eigenvalue weighted by atomic mass is 9.97. The van der Waals surface area contributed by atoms with E-state index in [2.05, 4.69) is 30.4 Å². The smallest absolute Gasteiger partial charge is 0.267 e. The van der Waals surface area contributed by atoms with Crippen LogP contribution in [0.4, 0.5) is 5.69 Å². The number of hydrogen-bond donors (Lipinski definition) is 1. The zero-order valence-corrected chi connectivity index (χ0v) is 23.1. The van der Waals surface area contributed by atoms with Crippen molar-refractivity contribution in [3.8, 4) is 5.69 Å². The first-order valence-electron chi connectivity index (χ1n) is 12.4. The number of benzene rings is 2. The summed E-state index contributed by atoms with van der Waals surface area (Å²) in [5, 5.41) is 4.39. The van der Waals surface area contributed by atoms with Gasteiger partial charge in [-0.15, -0.1) is 11.3 Å². The molecule has 0 spiro atoms. The molecule has 2 heterocycles. The molecule has 0 unspecified atom stereocenters.